The van der Waals surface area contributed by atoms with Crippen molar-refractivity contribution >= 4 is 11.6 Å². The molecule has 2 heteroatoms. The van der Waals surface area contributed by atoms with Crippen molar-refractivity contribution in [2.24, 2.45) is 5.73 Å². The van der Waals surface area contributed by atoms with E-state index in [-0.39, 0.29) is 0 Å². The summed E-state index contributed by atoms with van der Waals surface area (Å²) < 4.78 is 6.01. The van der Waals surface area contributed by atoms with Crippen molar-refractivity contribution < 1.29 is 4.74 Å². The lowest BCUT2D eigenvalue weighted by Crippen LogP contribution is -1.93. The maximum Gasteiger partial charge on any atom is 0.134 e. The van der Waals surface area contributed by atoms with Gasteiger partial charge in [-0.25, -0.2) is 0 Å². The first-order valence-electron chi connectivity index (χ1n) is 6.61. The molecular weight excluding hydrogens is 246 g/mol. The highest BCUT2D eigenvalue weighted by molar-refractivity contribution is 5.88. The zero-order valence-electron chi connectivity index (χ0n) is 11.1. The number of rotatable bonds is 1. The number of nitrogens with two attached hydrogens (primary N) is 1. The largest absolute Gasteiger partial charge is 0.456 e. The van der Waals surface area contributed by atoms with Gasteiger partial charge in [0.05, 0.1) is 6.54 Å². The minimum atomic E-state index is 0.391. The van der Waals surface area contributed by atoms with Crippen LogP contribution in [0.5, 0.6) is 11.5 Å². The molecule has 0 radical (unpaired) electrons. The summed E-state index contributed by atoms with van der Waals surface area (Å²) in [5.41, 5.74) is 8.76. The molecule has 2 N–H and O–H groups in total. The van der Waals surface area contributed by atoms with Crippen LogP contribution in [0, 0.1) is 11.8 Å². The van der Waals surface area contributed by atoms with Gasteiger partial charge in [0.2, 0.25) is 0 Å². The van der Waals surface area contributed by atoms with Crippen molar-refractivity contribution in [3.63, 3.8) is 0 Å². The molecule has 1 aliphatic heterocycles. The van der Waals surface area contributed by atoms with Crippen molar-refractivity contribution in [3.05, 3.63) is 59.7 Å². The van der Waals surface area contributed by atoms with E-state index in [1.54, 1.807) is 0 Å². The first-order chi connectivity index (χ1) is 9.88. The minimum Gasteiger partial charge on any atom is -0.456 e. The van der Waals surface area contributed by atoms with Crippen LogP contribution in [0.15, 0.2) is 48.5 Å². The SMILES string of the molecule is NCC#CCC1=Cc2ccccc2Oc2ccccc21. The van der Waals surface area contributed by atoms with Gasteiger partial charge in [0, 0.05) is 17.5 Å². The van der Waals surface area contributed by atoms with Crippen molar-refractivity contribution in [3.8, 4) is 23.3 Å². The van der Waals surface area contributed by atoms with E-state index >= 15 is 0 Å². The Morgan fingerprint density at radius 3 is 2.50 bits per heavy atom. The Hall–Kier alpha value is -2.50. The second kappa shape index (κ2) is 5.64. The molecule has 0 saturated heterocycles. The highest BCUT2D eigenvalue weighted by Gasteiger charge is 2.14. The van der Waals surface area contributed by atoms with E-state index in [0.717, 1.165) is 28.2 Å². The summed E-state index contributed by atoms with van der Waals surface area (Å²) in [6.07, 6.45) is 2.82. The quantitative estimate of drug-likeness (QED) is 0.795. The molecule has 3 rings (SSSR count). The van der Waals surface area contributed by atoms with Crippen LogP contribution in [0.2, 0.25) is 0 Å². The maximum atomic E-state index is 6.01. The Labute approximate surface area is 118 Å². The molecule has 2 aromatic carbocycles. The molecule has 1 heterocycles. The Morgan fingerprint density at radius 2 is 1.65 bits per heavy atom. The van der Waals surface area contributed by atoms with Crippen LogP contribution in [0.1, 0.15) is 17.5 Å². The fourth-order valence-electron chi connectivity index (χ4n) is 2.27. The summed E-state index contributed by atoms with van der Waals surface area (Å²) in [7, 11) is 0. The van der Waals surface area contributed by atoms with Crippen LogP contribution in [0.3, 0.4) is 0 Å². The molecule has 0 atom stereocenters. The Kier molecular flexibility index (Phi) is 3.54. The molecule has 98 valence electrons. The molecule has 0 unspecified atom stereocenters. The molecular formula is C18H15NO. The lowest BCUT2D eigenvalue weighted by Gasteiger charge is -2.09. The summed E-state index contributed by atoms with van der Waals surface area (Å²) in [5.74, 6) is 7.77. The molecule has 20 heavy (non-hydrogen) atoms. The molecule has 1 aliphatic rings. The lowest BCUT2D eigenvalue weighted by atomic mass is 10.00. The summed E-state index contributed by atoms with van der Waals surface area (Å²) in [5, 5.41) is 0. The number of ether oxygens (including phenoxy) is 1. The van der Waals surface area contributed by atoms with Gasteiger partial charge in [-0.3, -0.25) is 0 Å². The fraction of sp³-hybridized carbons (Fsp3) is 0.111. The Bertz CT molecular complexity index is 719. The highest BCUT2D eigenvalue weighted by Crippen LogP contribution is 2.38. The topological polar surface area (TPSA) is 35.2 Å². The van der Waals surface area contributed by atoms with Crippen molar-refractivity contribution in [2.75, 3.05) is 6.54 Å². The minimum absolute atomic E-state index is 0.391. The summed E-state index contributed by atoms with van der Waals surface area (Å²) in [4.78, 5) is 0. The van der Waals surface area contributed by atoms with E-state index < -0.39 is 0 Å². The molecule has 0 amide bonds. The van der Waals surface area contributed by atoms with Crippen LogP contribution in [-0.4, -0.2) is 6.54 Å². The Balaban J connectivity index is 2.11. The van der Waals surface area contributed by atoms with Gasteiger partial charge in [-0.05, 0) is 23.8 Å². The second-order valence-electron chi connectivity index (χ2n) is 4.54. The predicted octanol–water partition coefficient (Wildman–Crippen LogP) is 3.69. The summed E-state index contributed by atoms with van der Waals surface area (Å²) in [6, 6.07) is 16.1. The molecule has 2 nitrogen and oxygen atoms in total. The highest BCUT2D eigenvalue weighted by atomic mass is 16.5. The van der Waals surface area contributed by atoms with Crippen LogP contribution < -0.4 is 10.5 Å². The van der Waals surface area contributed by atoms with Gasteiger partial charge in [0.15, 0.2) is 0 Å². The zero-order chi connectivity index (χ0) is 13.8. The van der Waals surface area contributed by atoms with Gasteiger partial charge in [0.25, 0.3) is 0 Å². The van der Waals surface area contributed by atoms with Crippen LogP contribution in [0.25, 0.3) is 11.6 Å². The number of para-hydroxylation sites is 2. The molecule has 0 aliphatic carbocycles. The second-order valence-corrected chi connectivity index (χ2v) is 4.54. The predicted molar refractivity (Wildman–Crippen MR) is 82.3 cm³/mol. The van der Waals surface area contributed by atoms with Gasteiger partial charge >= 0.3 is 0 Å². The molecule has 0 bridgehead atoms. The monoisotopic (exact) mass is 261 g/mol. The van der Waals surface area contributed by atoms with Gasteiger partial charge in [0.1, 0.15) is 11.5 Å². The number of hydrogen-bond acceptors (Lipinski definition) is 2. The fourth-order valence-corrected chi connectivity index (χ4v) is 2.27. The third kappa shape index (κ3) is 2.45. The van der Waals surface area contributed by atoms with Gasteiger partial charge < -0.3 is 10.5 Å². The number of fused-ring (bicyclic) bond motifs is 2. The van der Waals surface area contributed by atoms with E-state index in [0.29, 0.717) is 13.0 Å². The molecule has 2 aromatic rings. The van der Waals surface area contributed by atoms with Crippen molar-refractivity contribution in [1.82, 2.24) is 0 Å². The third-order valence-electron chi connectivity index (χ3n) is 3.21. The average molecular weight is 261 g/mol. The van der Waals surface area contributed by atoms with Crippen molar-refractivity contribution in [1.29, 1.82) is 0 Å². The Morgan fingerprint density at radius 1 is 0.900 bits per heavy atom. The van der Waals surface area contributed by atoms with Gasteiger partial charge in [-0.2, -0.15) is 0 Å². The zero-order valence-corrected chi connectivity index (χ0v) is 11.1. The average Bonchev–Trinajstić information content (AvgIpc) is 2.64. The molecule has 0 aromatic heterocycles. The van der Waals surface area contributed by atoms with Crippen LogP contribution >= 0.6 is 0 Å². The third-order valence-corrected chi connectivity index (χ3v) is 3.21. The first-order valence-corrected chi connectivity index (χ1v) is 6.61. The number of allylic oxidation sites excluding steroid dienone is 1. The van der Waals surface area contributed by atoms with Crippen LogP contribution in [0.4, 0.5) is 0 Å². The lowest BCUT2D eigenvalue weighted by molar-refractivity contribution is 0.481. The smallest absolute Gasteiger partial charge is 0.134 e. The number of hydrogen-bond donors (Lipinski definition) is 1. The summed E-state index contributed by atoms with van der Waals surface area (Å²) >= 11 is 0. The van der Waals surface area contributed by atoms with E-state index in [2.05, 4.69) is 30.0 Å². The molecule has 0 spiro atoms. The standard InChI is InChI=1S/C18H15NO/c19-12-6-5-7-14-13-15-8-1-3-10-17(15)20-18-11-4-2-9-16(14)18/h1-4,8-11,13H,7,12,19H2. The van der Waals surface area contributed by atoms with Crippen molar-refractivity contribution in [2.45, 2.75) is 6.42 Å². The van der Waals surface area contributed by atoms with Crippen LogP contribution in [-0.2, 0) is 0 Å². The first kappa shape index (κ1) is 12.5. The normalized spacial score (nSPS) is 11.9. The maximum absolute atomic E-state index is 6.01. The van der Waals surface area contributed by atoms with E-state index in [4.69, 9.17) is 10.5 Å². The molecule has 0 fully saturated rings. The number of benzene rings is 2. The van der Waals surface area contributed by atoms with E-state index in [9.17, 15) is 0 Å². The van der Waals surface area contributed by atoms with E-state index in [1.807, 2.05) is 36.4 Å². The van der Waals surface area contributed by atoms with Gasteiger partial charge in [-0.15, -0.1) is 0 Å². The van der Waals surface area contributed by atoms with E-state index in [1.165, 1.54) is 0 Å². The van der Waals surface area contributed by atoms with Gasteiger partial charge in [-0.1, -0.05) is 48.2 Å². The summed E-state index contributed by atoms with van der Waals surface area (Å²) in [6.45, 7) is 0.391. The molecule has 0 saturated carbocycles.